The molecule has 6 heteroatoms. The number of methoxy groups -OCH3 is 1. The van der Waals surface area contributed by atoms with E-state index in [4.69, 9.17) is 14.6 Å². The fraction of sp³-hybridized carbons (Fsp3) is 0.588. The molecule has 0 unspecified atom stereocenters. The summed E-state index contributed by atoms with van der Waals surface area (Å²) in [4.78, 5) is 14.5. The number of aliphatic hydroxyl groups excluding tert-OH is 1. The van der Waals surface area contributed by atoms with Gasteiger partial charge in [-0.15, -0.1) is 0 Å². The zero-order chi connectivity index (χ0) is 17.0. The number of benzene rings is 1. The van der Waals surface area contributed by atoms with Gasteiger partial charge in [0.2, 0.25) is 0 Å². The summed E-state index contributed by atoms with van der Waals surface area (Å²) in [5, 5.41) is 19.2. The van der Waals surface area contributed by atoms with Gasteiger partial charge in [0.25, 0.3) is 5.91 Å². The van der Waals surface area contributed by atoms with Crippen LogP contribution in [0.1, 0.15) is 37.0 Å². The lowest BCUT2D eigenvalue weighted by molar-refractivity contribution is 0.000322. The van der Waals surface area contributed by atoms with Crippen LogP contribution in [0.5, 0.6) is 11.5 Å². The molecular formula is C17H25NO5. The van der Waals surface area contributed by atoms with Crippen LogP contribution in [0.25, 0.3) is 0 Å². The standard InChI is InChI=1S/C17H25NO5/c1-17(2,21)15-5-4-8-18(15)16(20)12-6-7-13(22-3)14(11-12)23-10-9-19/h6-7,11,15,19,21H,4-5,8-10H2,1-3H3/t15-/m0/s1. The molecule has 0 spiro atoms. The summed E-state index contributed by atoms with van der Waals surface area (Å²) >= 11 is 0. The van der Waals surface area contributed by atoms with Gasteiger partial charge in [0, 0.05) is 12.1 Å². The predicted octanol–water partition coefficient (Wildman–Crippen LogP) is 1.44. The highest BCUT2D eigenvalue weighted by molar-refractivity contribution is 5.95. The first kappa shape index (κ1) is 17.6. The molecule has 1 atom stereocenters. The second kappa shape index (κ2) is 7.19. The molecule has 1 fully saturated rings. The Labute approximate surface area is 136 Å². The molecule has 128 valence electrons. The topological polar surface area (TPSA) is 79.2 Å². The van der Waals surface area contributed by atoms with Crippen molar-refractivity contribution in [3.8, 4) is 11.5 Å². The van der Waals surface area contributed by atoms with Gasteiger partial charge in [-0.25, -0.2) is 0 Å². The number of hydrogen-bond donors (Lipinski definition) is 2. The third kappa shape index (κ3) is 3.95. The number of carbonyl (C=O) groups is 1. The third-order valence-electron chi connectivity index (χ3n) is 4.09. The Morgan fingerprint density at radius 1 is 1.39 bits per heavy atom. The van der Waals surface area contributed by atoms with Gasteiger partial charge in [0.15, 0.2) is 11.5 Å². The number of carbonyl (C=O) groups excluding carboxylic acids is 1. The van der Waals surface area contributed by atoms with Crippen molar-refractivity contribution in [2.75, 3.05) is 26.9 Å². The maximum absolute atomic E-state index is 12.8. The SMILES string of the molecule is COc1ccc(C(=O)N2CCC[C@H]2C(C)(C)O)cc1OCCO. The van der Waals surface area contributed by atoms with Crippen molar-refractivity contribution in [1.29, 1.82) is 0 Å². The fourth-order valence-corrected chi connectivity index (χ4v) is 2.99. The predicted molar refractivity (Wildman–Crippen MR) is 85.9 cm³/mol. The number of ether oxygens (including phenoxy) is 2. The molecule has 1 aromatic rings. The van der Waals surface area contributed by atoms with Gasteiger partial charge in [-0.3, -0.25) is 4.79 Å². The molecule has 1 aliphatic rings. The Bertz CT molecular complexity index is 552. The first-order valence-corrected chi connectivity index (χ1v) is 7.83. The second-order valence-electron chi connectivity index (χ2n) is 6.25. The lowest BCUT2D eigenvalue weighted by Crippen LogP contribution is -2.48. The molecule has 0 aromatic heterocycles. The zero-order valence-corrected chi connectivity index (χ0v) is 13.9. The molecule has 2 N–H and O–H groups in total. The molecule has 1 amide bonds. The van der Waals surface area contributed by atoms with Crippen molar-refractivity contribution in [2.24, 2.45) is 0 Å². The number of likely N-dealkylation sites (tertiary alicyclic amines) is 1. The highest BCUT2D eigenvalue weighted by atomic mass is 16.5. The summed E-state index contributed by atoms with van der Waals surface area (Å²) in [5.74, 6) is 0.799. The van der Waals surface area contributed by atoms with Gasteiger partial charge in [-0.2, -0.15) is 0 Å². The van der Waals surface area contributed by atoms with Gasteiger partial charge in [0.05, 0.1) is 25.4 Å². The van der Waals surface area contributed by atoms with E-state index in [-0.39, 0.29) is 25.2 Å². The Morgan fingerprint density at radius 2 is 2.13 bits per heavy atom. The van der Waals surface area contributed by atoms with Gasteiger partial charge in [-0.05, 0) is 44.9 Å². The molecule has 1 aromatic carbocycles. The lowest BCUT2D eigenvalue weighted by Gasteiger charge is -2.34. The van der Waals surface area contributed by atoms with Crippen molar-refractivity contribution in [3.05, 3.63) is 23.8 Å². The number of amides is 1. The maximum Gasteiger partial charge on any atom is 0.254 e. The Morgan fingerprint density at radius 3 is 2.74 bits per heavy atom. The molecule has 0 saturated carbocycles. The monoisotopic (exact) mass is 323 g/mol. The summed E-state index contributed by atoms with van der Waals surface area (Å²) < 4.78 is 10.6. The molecule has 0 aliphatic carbocycles. The molecule has 6 nitrogen and oxygen atoms in total. The van der Waals surface area contributed by atoms with E-state index >= 15 is 0 Å². The minimum absolute atomic E-state index is 0.117. The Hall–Kier alpha value is -1.79. The van der Waals surface area contributed by atoms with Crippen LogP contribution in [-0.2, 0) is 0 Å². The van der Waals surface area contributed by atoms with Crippen molar-refractivity contribution in [2.45, 2.75) is 38.3 Å². The quantitative estimate of drug-likeness (QED) is 0.828. The molecular weight excluding hydrogens is 298 g/mol. The molecule has 0 radical (unpaired) electrons. The number of hydrogen-bond acceptors (Lipinski definition) is 5. The van der Waals surface area contributed by atoms with E-state index in [0.29, 0.717) is 23.6 Å². The zero-order valence-electron chi connectivity index (χ0n) is 13.9. The van der Waals surface area contributed by atoms with Gasteiger partial charge < -0.3 is 24.6 Å². The molecule has 0 bridgehead atoms. The molecule has 1 heterocycles. The Balaban J connectivity index is 2.25. The van der Waals surface area contributed by atoms with Crippen LogP contribution in [0.15, 0.2) is 18.2 Å². The average Bonchev–Trinajstić information content (AvgIpc) is 3.01. The minimum atomic E-state index is -0.936. The summed E-state index contributed by atoms with van der Waals surface area (Å²) in [6.07, 6.45) is 1.67. The normalized spacial score (nSPS) is 18.1. The third-order valence-corrected chi connectivity index (χ3v) is 4.09. The Kier molecular flexibility index (Phi) is 5.49. The van der Waals surface area contributed by atoms with Crippen LogP contribution >= 0.6 is 0 Å². The van der Waals surface area contributed by atoms with Gasteiger partial charge >= 0.3 is 0 Å². The minimum Gasteiger partial charge on any atom is -0.493 e. The number of aliphatic hydroxyl groups is 2. The van der Waals surface area contributed by atoms with Gasteiger partial charge in [-0.1, -0.05) is 0 Å². The average molecular weight is 323 g/mol. The number of rotatable bonds is 6. The summed E-state index contributed by atoms with van der Waals surface area (Å²) in [5.41, 5.74) is -0.454. The highest BCUT2D eigenvalue weighted by Gasteiger charge is 2.38. The van der Waals surface area contributed by atoms with Gasteiger partial charge in [0.1, 0.15) is 6.61 Å². The van der Waals surface area contributed by atoms with Crippen molar-refractivity contribution < 1.29 is 24.5 Å². The van der Waals surface area contributed by atoms with Crippen LogP contribution in [0.3, 0.4) is 0 Å². The van der Waals surface area contributed by atoms with Crippen LogP contribution in [0, 0.1) is 0 Å². The lowest BCUT2D eigenvalue weighted by atomic mass is 9.96. The van der Waals surface area contributed by atoms with E-state index in [9.17, 15) is 9.90 Å². The summed E-state index contributed by atoms with van der Waals surface area (Å²) in [6, 6.07) is 4.79. The summed E-state index contributed by atoms with van der Waals surface area (Å²) in [7, 11) is 1.52. The van der Waals surface area contributed by atoms with E-state index in [1.165, 1.54) is 7.11 Å². The van der Waals surface area contributed by atoms with Crippen LogP contribution in [0.4, 0.5) is 0 Å². The van der Waals surface area contributed by atoms with E-state index < -0.39 is 5.60 Å². The molecule has 1 saturated heterocycles. The van der Waals surface area contributed by atoms with E-state index in [2.05, 4.69) is 0 Å². The first-order chi connectivity index (χ1) is 10.9. The number of nitrogens with zero attached hydrogens (tertiary/aromatic N) is 1. The highest BCUT2D eigenvalue weighted by Crippen LogP contribution is 2.32. The molecule has 23 heavy (non-hydrogen) atoms. The smallest absolute Gasteiger partial charge is 0.254 e. The fourth-order valence-electron chi connectivity index (χ4n) is 2.99. The van der Waals surface area contributed by atoms with E-state index in [1.807, 2.05) is 0 Å². The second-order valence-corrected chi connectivity index (χ2v) is 6.25. The van der Waals surface area contributed by atoms with Crippen LogP contribution in [0.2, 0.25) is 0 Å². The maximum atomic E-state index is 12.8. The summed E-state index contributed by atoms with van der Waals surface area (Å²) in [6.45, 7) is 4.10. The van der Waals surface area contributed by atoms with Crippen molar-refractivity contribution in [1.82, 2.24) is 4.90 Å². The largest absolute Gasteiger partial charge is 0.493 e. The molecule has 2 rings (SSSR count). The first-order valence-electron chi connectivity index (χ1n) is 7.83. The van der Waals surface area contributed by atoms with Crippen molar-refractivity contribution in [3.63, 3.8) is 0 Å². The van der Waals surface area contributed by atoms with E-state index in [0.717, 1.165) is 12.8 Å². The van der Waals surface area contributed by atoms with Crippen LogP contribution < -0.4 is 9.47 Å². The van der Waals surface area contributed by atoms with E-state index in [1.54, 1.807) is 36.9 Å². The van der Waals surface area contributed by atoms with Crippen LogP contribution in [-0.4, -0.2) is 59.5 Å². The molecule has 1 aliphatic heterocycles. The van der Waals surface area contributed by atoms with Crippen molar-refractivity contribution >= 4 is 5.91 Å².